The second-order valence-electron chi connectivity index (χ2n) is 14.1. The van der Waals surface area contributed by atoms with E-state index in [4.69, 9.17) is 0 Å². The third-order valence-electron chi connectivity index (χ3n) is 11.2. The molecule has 9 aromatic carbocycles. The molecule has 12 rings (SSSR count). The maximum Gasteiger partial charge on any atom is 0.0634 e. The summed E-state index contributed by atoms with van der Waals surface area (Å²) in [5.41, 5.74) is 9.80. The number of benzene rings is 9. The van der Waals surface area contributed by atoms with Crippen molar-refractivity contribution in [3.8, 4) is 22.5 Å². The van der Waals surface area contributed by atoms with E-state index in [0.717, 1.165) is 0 Å². The molecule has 0 spiro atoms. The molecule has 0 saturated heterocycles. The first-order valence-corrected chi connectivity index (χ1v) is 19.0. The van der Waals surface area contributed by atoms with Gasteiger partial charge in [0.05, 0.1) is 22.1 Å². The summed E-state index contributed by atoms with van der Waals surface area (Å²) >= 11 is 1.91. The third kappa shape index (κ3) is 4.14. The summed E-state index contributed by atoms with van der Waals surface area (Å²) in [4.78, 5) is 0. The van der Waals surface area contributed by atoms with Crippen LogP contribution in [-0.2, 0) is 0 Å². The van der Waals surface area contributed by atoms with E-state index in [0.29, 0.717) is 0 Å². The van der Waals surface area contributed by atoms with Crippen LogP contribution in [0.3, 0.4) is 0 Å². The van der Waals surface area contributed by atoms with Crippen LogP contribution in [0.15, 0.2) is 182 Å². The van der Waals surface area contributed by atoms with Crippen molar-refractivity contribution in [2.24, 2.45) is 0 Å². The highest BCUT2D eigenvalue weighted by molar-refractivity contribution is 7.26. The molecule has 53 heavy (non-hydrogen) atoms. The van der Waals surface area contributed by atoms with Crippen molar-refractivity contribution in [3.05, 3.63) is 182 Å². The van der Waals surface area contributed by atoms with Crippen LogP contribution in [0, 0.1) is 0 Å². The third-order valence-corrected chi connectivity index (χ3v) is 12.4. The second kappa shape index (κ2) is 10.9. The maximum absolute atomic E-state index is 2.50. The van der Waals surface area contributed by atoms with E-state index in [1.165, 1.54) is 108 Å². The minimum absolute atomic E-state index is 1.18. The molecule has 12 aromatic rings. The molecule has 0 aliphatic rings. The van der Waals surface area contributed by atoms with Gasteiger partial charge >= 0.3 is 0 Å². The fourth-order valence-corrected chi connectivity index (χ4v) is 10.1. The molecule has 3 aromatic heterocycles. The van der Waals surface area contributed by atoms with Gasteiger partial charge in [0.2, 0.25) is 0 Å². The molecular weight excluding hydrogens is 661 g/mol. The average Bonchev–Trinajstić information content (AvgIpc) is 3.88. The van der Waals surface area contributed by atoms with Gasteiger partial charge in [0.15, 0.2) is 0 Å². The number of hydrogen-bond acceptors (Lipinski definition) is 1. The van der Waals surface area contributed by atoms with E-state index in [1.807, 2.05) is 11.3 Å². The SMILES string of the molecule is c1ccc2cc(-n3c4ccccc4c4cc(-c5cc6c7ccccc7n(-c7ccc8ccccc8c7)c6c6c5sc5ccccc56)ccc43)ccc2c1. The molecule has 0 N–H and O–H groups in total. The van der Waals surface area contributed by atoms with Gasteiger partial charge in [-0.05, 0) is 87.8 Å². The topological polar surface area (TPSA) is 9.86 Å². The Labute approximate surface area is 309 Å². The minimum Gasteiger partial charge on any atom is -0.309 e. The molecule has 0 fully saturated rings. The van der Waals surface area contributed by atoms with Gasteiger partial charge in [-0.15, -0.1) is 11.3 Å². The molecule has 0 radical (unpaired) electrons. The fourth-order valence-electron chi connectivity index (χ4n) is 8.87. The Morgan fingerprint density at radius 2 is 0.906 bits per heavy atom. The Kier molecular flexibility index (Phi) is 5.96. The van der Waals surface area contributed by atoms with E-state index in [1.54, 1.807) is 0 Å². The second-order valence-corrected chi connectivity index (χ2v) is 15.2. The van der Waals surface area contributed by atoms with Crippen LogP contribution in [0.25, 0.3) is 108 Å². The van der Waals surface area contributed by atoms with Gasteiger partial charge in [0, 0.05) is 58.7 Å². The lowest BCUT2D eigenvalue weighted by Gasteiger charge is -2.12. The van der Waals surface area contributed by atoms with Crippen molar-refractivity contribution in [2.45, 2.75) is 0 Å². The van der Waals surface area contributed by atoms with Crippen molar-refractivity contribution in [3.63, 3.8) is 0 Å². The number of rotatable bonds is 3. The van der Waals surface area contributed by atoms with Crippen LogP contribution < -0.4 is 0 Å². The molecule has 0 atom stereocenters. The van der Waals surface area contributed by atoms with E-state index >= 15 is 0 Å². The zero-order valence-corrected chi connectivity index (χ0v) is 29.4. The summed E-state index contributed by atoms with van der Waals surface area (Å²) in [6, 6.07) is 67.2. The number of thiophene rings is 1. The number of aromatic nitrogens is 2. The number of para-hydroxylation sites is 2. The fraction of sp³-hybridized carbons (Fsp3) is 0. The normalized spacial score (nSPS) is 12.2. The van der Waals surface area contributed by atoms with E-state index in [2.05, 4.69) is 191 Å². The molecule has 0 aliphatic heterocycles. The molecule has 3 heteroatoms. The highest BCUT2D eigenvalue weighted by Crippen LogP contribution is 2.48. The van der Waals surface area contributed by atoms with Gasteiger partial charge in [-0.3, -0.25) is 0 Å². The smallest absolute Gasteiger partial charge is 0.0634 e. The van der Waals surface area contributed by atoms with Gasteiger partial charge in [0.25, 0.3) is 0 Å². The quantitative estimate of drug-likeness (QED) is 0.175. The van der Waals surface area contributed by atoms with Crippen LogP contribution in [0.2, 0.25) is 0 Å². The lowest BCUT2D eigenvalue weighted by molar-refractivity contribution is 1.19. The lowest BCUT2D eigenvalue weighted by Crippen LogP contribution is -1.95. The molecular formula is C50H30N2S. The summed E-state index contributed by atoms with van der Waals surface area (Å²) in [7, 11) is 0. The first-order chi connectivity index (χ1) is 26.3. The molecule has 0 bridgehead atoms. The molecule has 246 valence electrons. The minimum atomic E-state index is 1.18. The van der Waals surface area contributed by atoms with Crippen molar-refractivity contribution in [1.29, 1.82) is 0 Å². The molecule has 0 unspecified atom stereocenters. The van der Waals surface area contributed by atoms with E-state index in [9.17, 15) is 0 Å². The first-order valence-electron chi connectivity index (χ1n) is 18.2. The average molecular weight is 691 g/mol. The van der Waals surface area contributed by atoms with Gasteiger partial charge < -0.3 is 9.13 Å². The molecule has 3 heterocycles. The van der Waals surface area contributed by atoms with Crippen LogP contribution in [0.5, 0.6) is 0 Å². The largest absolute Gasteiger partial charge is 0.309 e. The predicted molar refractivity (Wildman–Crippen MR) is 228 cm³/mol. The highest BCUT2D eigenvalue weighted by Gasteiger charge is 2.22. The predicted octanol–water partition coefficient (Wildman–Crippen LogP) is 14.2. The summed E-state index contributed by atoms with van der Waals surface area (Å²) < 4.78 is 7.56. The maximum atomic E-state index is 2.50. The Bertz CT molecular complexity index is 3470. The molecule has 0 aliphatic carbocycles. The summed E-state index contributed by atoms with van der Waals surface area (Å²) in [6.45, 7) is 0. The Hall–Kier alpha value is -6.68. The molecule has 2 nitrogen and oxygen atoms in total. The lowest BCUT2D eigenvalue weighted by atomic mass is 9.97. The van der Waals surface area contributed by atoms with Gasteiger partial charge in [-0.2, -0.15) is 0 Å². The van der Waals surface area contributed by atoms with Gasteiger partial charge in [-0.1, -0.05) is 121 Å². The van der Waals surface area contributed by atoms with Crippen molar-refractivity contribution >= 4 is 96.7 Å². The molecule has 0 amide bonds. The van der Waals surface area contributed by atoms with Crippen molar-refractivity contribution < 1.29 is 0 Å². The van der Waals surface area contributed by atoms with Crippen LogP contribution in [0.4, 0.5) is 0 Å². The van der Waals surface area contributed by atoms with Crippen LogP contribution >= 0.6 is 11.3 Å². The Balaban J connectivity index is 1.17. The van der Waals surface area contributed by atoms with Crippen LogP contribution in [0.1, 0.15) is 0 Å². The van der Waals surface area contributed by atoms with E-state index in [-0.39, 0.29) is 0 Å². The number of nitrogens with zero attached hydrogens (tertiary/aromatic N) is 2. The van der Waals surface area contributed by atoms with E-state index < -0.39 is 0 Å². The summed E-state index contributed by atoms with van der Waals surface area (Å²) in [5, 5.41) is 12.7. The van der Waals surface area contributed by atoms with Crippen LogP contribution in [-0.4, -0.2) is 9.13 Å². The molecule has 0 saturated carbocycles. The zero-order chi connectivity index (χ0) is 34.6. The van der Waals surface area contributed by atoms with Gasteiger partial charge in [0.1, 0.15) is 0 Å². The standard InChI is InChI=1S/C50H30N2S/c1-3-13-33-27-36(24-21-31(33)11-1)51-44-18-8-5-15-38(44)42-29-35(23-26-46(42)51)41-30-43-39-16-6-9-19-45(39)52(37-25-22-32-12-2-4-14-34(32)28-37)49(43)48-40-17-7-10-20-47(40)53-50(41)48/h1-30H. The number of fused-ring (bicyclic) bond motifs is 12. The van der Waals surface area contributed by atoms with Crippen molar-refractivity contribution in [2.75, 3.05) is 0 Å². The first kappa shape index (κ1) is 29.0. The van der Waals surface area contributed by atoms with Gasteiger partial charge in [-0.25, -0.2) is 0 Å². The highest BCUT2D eigenvalue weighted by atomic mass is 32.1. The Morgan fingerprint density at radius 1 is 0.358 bits per heavy atom. The zero-order valence-electron chi connectivity index (χ0n) is 28.6. The summed E-state index contributed by atoms with van der Waals surface area (Å²) in [5.74, 6) is 0. The monoisotopic (exact) mass is 690 g/mol. The van der Waals surface area contributed by atoms with Crippen molar-refractivity contribution in [1.82, 2.24) is 9.13 Å². The number of hydrogen-bond donors (Lipinski definition) is 0. The Morgan fingerprint density at radius 3 is 1.62 bits per heavy atom. The summed E-state index contributed by atoms with van der Waals surface area (Å²) in [6.07, 6.45) is 0.